The van der Waals surface area contributed by atoms with Gasteiger partial charge in [-0.15, -0.1) is 9.24 Å². The van der Waals surface area contributed by atoms with Crippen molar-refractivity contribution in [1.82, 2.24) is 0 Å². The van der Waals surface area contributed by atoms with Gasteiger partial charge in [-0.3, -0.25) is 0 Å². The highest BCUT2D eigenvalue weighted by Crippen LogP contribution is 2.27. The van der Waals surface area contributed by atoms with E-state index in [-0.39, 0.29) is 5.82 Å². The lowest BCUT2D eigenvalue weighted by molar-refractivity contribution is 0.637. The first-order chi connectivity index (χ1) is 15.0. The van der Waals surface area contributed by atoms with Crippen LogP contribution in [0, 0.1) is 24.6 Å². The predicted molar refractivity (Wildman–Crippen MR) is 133 cm³/mol. The second-order valence-electron chi connectivity index (χ2n) is 7.66. The maximum Gasteiger partial charge on any atom is 0.130 e. The van der Waals surface area contributed by atoms with Gasteiger partial charge < -0.3 is 0 Å². The Morgan fingerprint density at radius 3 is 1.90 bits per heavy atom. The minimum absolute atomic E-state index is 0.206. The van der Waals surface area contributed by atoms with Gasteiger partial charge in [-0.2, -0.15) is 0 Å². The van der Waals surface area contributed by atoms with Crippen molar-refractivity contribution in [2.75, 3.05) is 0 Å². The summed E-state index contributed by atoms with van der Waals surface area (Å²) in [5, 5.41) is 0.580. The molecule has 0 aliphatic carbocycles. The van der Waals surface area contributed by atoms with Gasteiger partial charge in [-0.25, -0.2) is 4.39 Å². The van der Waals surface area contributed by atoms with E-state index in [4.69, 9.17) is 0 Å². The first kappa shape index (κ1) is 21.0. The lowest BCUT2D eigenvalue weighted by Gasteiger charge is -2.09. The van der Waals surface area contributed by atoms with Crippen molar-refractivity contribution in [3.05, 3.63) is 113 Å². The van der Waals surface area contributed by atoms with Crippen molar-refractivity contribution < 1.29 is 4.39 Å². The molecule has 1 unspecified atom stereocenters. The van der Waals surface area contributed by atoms with Crippen molar-refractivity contribution in [1.29, 1.82) is 0 Å². The summed E-state index contributed by atoms with van der Waals surface area (Å²) >= 11 is 0. The molecular formula is C29H24FP. The molecular weight excluding hydrogens is 398 g/mol. The quantitative estimate of drug-likeness (QED) is 0.248. The molecule has 0 radical (unpaired) electrons. The summed E-state index contributed by atoms with van der Waals surface area (Å²) in [7, 11) is 2.45. The van der Waals surface area contributed by atoms with Gasteiger partial charge in [0.05, 0.1) is 0 Å². The summed E-state index contributed by atoms with van der Waals surface area (Å²) < 4.78 is 13.5. The zero-order valence-corrected chi connectivity index (χ0v) is 18.9. The minimum atomic E-state index is -0.206. The lowest BCUT2D eigenvalue weighted by atomic mass is 9.96. The van der Waals surface area contributed by atoms with Crippen LogP contribution in [0.4, 0.5) is 4.39 Å². The molecule has 0 bridgehead atoms. The molecule has 0 spiro atoms. The van der Waals surface area contributed by atoms with Crippen LogP contribution in [0.25, 0.3) is 22.3 Å². The van der Waals surface area contributed by atoms with Crippen molar-refractivity contribution in [3.8, 4) is 34.1 Å². The van der Waals surface area contributed by atoms with Gasteiger partial charge in [0.25, 0.3) is 0 Å². The molecule has 0 heterocycles. The van der Waals surface area contributed by atoms with Gasteiger partial charge in [-0.1, -0.05) is 72.9 Å². The van der Waals surface area contributed by atoms with Crippen LogP contribution in [0.15, 0.2) is 84.9 Å². The molecule has 0 aliphatic rings. The average Bonchev–Trinajstić information content (AvgIpc) is 2.80. The van der Waals surface area contributed by atoms with E-state index in [1.54, 1.807) is 0 Å². The standard InChI is InChI=1S/C29H24FP/c1-3-22-18-26(15-14-23(22)9-8-21-6-4-20(2)5-7-21)24-10-12-25(13-11-24)27-16-17-28(30)29(31)19-27/h4-7,10-19H,3,31H2,1-2H3. The van der Waals surface area contributed by atoms with Crippen LogP contribution in [0.2, 0.25) is 0 Å². The fourth-order valence-electron chi connectivity index (χ4n) is 3.54. The van der Waals surface area contributed by atoms with Gasteiger partial charge >= 0.3 is 0 Å². The van der Waals surface area contributed by atoms with Crippen LogP contribution in [-0.4, -0.2) is 0 Å². The Kier molecular flexibility index (Phi) is 6.31. The molecule has 0 saturated carbocycles. The summed E-state index contributed by atoms with van der Waals surface area (Å²) in [6, 6.07) is 28.4. The molecule has 152 valence electrons. The van der Waals surface area contributed by atoms with Crippen LogP contribution in [0.3, 0.4) is 0 Å². The van der Waals surface area contributed by atoms with E-state index in [9.17, 15) is 4.39 Å². The van der Waals surface area contributed by atoms with E-state index in [2.05, 4.69) is 102 Å². The van der Waals surface area contributed by atoms with E-state index >= 15 is 0 Å². The Bertz CT molecular complexity index is 1270. The number of rotatable bonds is 3. The van der Waals surface area contributed by atoms with E-state index in [1.165, 1.54) is 22.8 Å². The summed E-state index contributed by atoms with van der Waals surface area (Å²) in [5.74, 6) is 6.41. The fourth-order valence-corrected chi connectivity index (χ4v) is 3.82. The molecule has 4 aromatic rings. The highest BCUT2D eigenvalue weighted by molar-refractivity contribution is 7.27. The third-order valence-electron chi connectivity index (χ3n) is 5.43. The Morgan fingerprint density at radius 1 is 0.710 bits per heavy atom. The largest absolute Gasteiger partial charge is 0.206 e. The molecule has 4 aromatic carbocycles. The normalized spacial score (nSPS) is 10.5. The van der Waals surface area contributed by atoms with Crippen LogP contribution < -0.4 is 5.30 Å². The van der Waals surface area contributed by atoms with Crippen molar-refractivity contribution >= 4 is 14.5 Å². The number of hydrogen-bond acceptors (Lipinski definition) is 0. The van der Waals surface area contributed by atoms with E-state index in [0.717, 1.165) is 34.2 Å². The van der Waals surface area contributed by atoms with Crippen LogP contribution in [-0.2, 0) is 6.42 Å². The summed E-state index contributed by atoms with van der Waals surface area (Å²) in [4.78, 5) is 0. The van der Waals surface area contributed by atoms with Gasteiger partial charge in [0.15, 0.2) is 0 Å². The number of hydrogen-bond donors (Lipinski definition) is 0. The van der Waals surface area contributed by atoms with Gasteiger partial charge in [0.1, 0.15) is 5.82 Å². The Labute approximate surface area is 186 Å². The Balaban J connectivity index is 1.60. The van der Waals surface area contributed by atoms with Crippen molar-refractivity contribution in [3.63, 3.8) is 0 Å². The molecule has 0 aliphatic heterocycles. The highest BCUT2D eigenvalue weighted by Gasteiger charge is 2.06. The molecule has 0 N–H and O–H groups in total. The number of aryl methyl sites for hydroxylation is 2. The number of benzene rings is 4. The third kappa shape index (κ3) is 4.93. The predicted octanol–water partition coefficient (Wildman–Crippen LogP) is 6.93. The molecule has 0 nitrogen and oxygen atoms in total. The van der Waals surface area contributed by atoms with Gasteiger partial charge in [0.2, 0.25) is 0 Å². The Morgan fingerprint density at radius 2 is 1.29 bits per heavy atom. The summed E-state index contributed by atoms with van der Waals surface area (Å²) in [5.41, 5.74) is 9.00. The molecule has 0 saturated heterocycles. The molecule has 1 atom stereocenters. The number of halogens is 1. The van der Waals surface area contributed by atoms with Crippen molar-refractivity contribution in [2.45, 2.75) is 20.3 Å². The molecule has 0 aromatic heterocycles. The second kappa shape index (κ2) is 9.30. The topological polar surface area (TPSA) is 0 Å². The molecule has 4 rings (SSSR count). The highest BCUT2D eigenvalue weighted by atomic mass is 31.0. The summed E-state index contributed by atoms with van der Waals surface area (Å²) in [6.07, 6.45) is 0.927. The van der Waals surface area contributed by atoms with Gasteiger partial charge in [0, 0.05) is 16.4 Å². The zero-order valence-electron chi connectivity index (χ0n) is 17.7. The van der Waals surface area contributed by atoms with Gasteiger partial charge in [-0.05, 0) is 77.6 Å². The van der Waals surface area contributed by atoms with E-state index in [0.29, 0.717) is 5.30 Å². The SMILES string of the molecule is CCc1cc(-c2ccc(-c3ccc(F)c(P)c3)cc2)ccc1C#Cc1ccc(C)cc1. The molecule has 0 fully saturated rings. The van der Waals surface area contributed by atoms with E-state index < -0.39 is 0 Å². The minimum Gasteiger partial charge on any atom is -0.206 e. The third-order valence-corrected chi connectivity index (χ3v) is 5.87. The molecule has 31 heavy (non-hydrogen) atoms. The average molecular weight is 422 g/mol. The van der Waals surface area contributed by atoms with E-state index in [1.807, 2.05) is 12.1 Å². The first-order valence-electron chi connectivity index (χ1n) is 10.4. The zero-order chi connectivity index (χ0) is 21.8. The van der Waals surface area contributed by atoms with Crippen LogP contribution in [0.1, 0.15) is 29.2 Å². The van der Waals surface area contributed by atoms with Crippen molar-refractivity contribution in [2.24, 2.45) is 0 Å². The second-order valence-corrected chi connectivity index (χ2v) is 8.28. The Hall–Kier alpha value is -3.20. The molecule has 2 heteroatoms. The maximum atomic E-state index is 13.5. The van der Waals surface area contributed by atoms with Crippen LogP contribution in [0.5, 0.6) is 0 Å². The molecule has 0 amide bonds. The van der Waals surface area contributed by atoms with Crippen LogP contribution >= 0.6 is 9.24 Å². The smallest absolute Gasteiger partial charge is 0.130 e. The maximum absolute atomic E-state index is 13.5. The lowest BCUT2D eigenvalue weighted by Crippen LogP contribution is -1.97. The fraction of sp³-hybridized carbons (Fsp3) is 0.103. The first-order valence-corrected chi connectivity index (χ1v) is 11.0. The summed E-state index contributed by atoms with van der Waals surface area (Å²) in [6.45, 7) is 4.24. The monoisotopic (exact) mass is 422 g/mol.